The highest BCUT2D eigenvalue weighted by Gasteiger charge is 2.51. The SMILES string of the molecule is C[C@@H]1C[C@H](c2nc3cc(B4OC(C)(C)C(C)(C)O4)ccc3s2)C[C@H](C)N1C. The van der Waals surface area contributed by atoms with E-state index in [1.165, 1.54) is 22.5 Å². The minimum atomic E-state index is -0.326. The van der Waals surface area contributed by atoms with E-state index in [9.17, 15) is 0 Å². The van der Waals surface area contributed by atoms with Crippen molar-refractivity contribution in [3.63, 3.8) is 0 Å². The van der Waals surface area contributed by atoms with Crippen molar-refractivity contribution in [3.05, 3.63) is 23.2 Å². The van der Waals surface area contributed by atoms with Crippen LogP contribution in [0.1, 0.15) is 65.3 Å². The first-order valence-electron chi connectivity index (χ1n) is 10.1. The van der Waals surface area contributed by atoms with Crippen molar-refractivity contribution in [1.29, 1.82) is 0 Å². The molecule has 0 bridgehead atoms. The molecule has 2 saturated heterocycles. The highest BCUT2D eigenvalue weighted by atomic mass is 32.1. The van der Waals surface area contributed by atoms with Gasteiger partial charge in [0, 0.05) is 18.0 Å². The molecule has 4 nitrogen and oxygen atoms in total. The maximum atomic E-state index is 6.21. The van der Waals surface area contributed by atoms with Gasteiger partial charge >= 0.3 is 7.12 Å². The third kappa shape index (κ3) is 3.35. The molecule has 1 aromatic heterocycles. The molecule has 6 heteroatoms. The maximum Gasteiger partial charge on any atom is 0.494 e. The van der Waals surface area contributed by atoms with Crippen molar-refractivity contribution in [2.24, 2.45) is 0 Å². The summed E-state index contributed by atoms with van der Waals surface area (Å²) >= 11 is 1.85. The predicted octanol–water partition coefficient (Wildman–Crippen LogP) is 4.18. The van der Waals surface area contributed by atoms with Crippen LogP contribution in [-0.4, -0.2) is 47.3 Å². The Morgan fingerprint density at radius 2 is 1.67 bits per heavy atom. The van der Waals surface area contributed by atoms with Crippen LogP contribution in [0.2, 0.25) is 0 Å². The monoisotopic (exact) mass is 386 g/mol. The highest BCUT2D eigenvalue weighted by molar-refractivity contribution is 7.18. The molecule has 0 radical (unpaired) electrons. The van der Waals surface area contributed by atoms with Gasteiger partial charge in [-0.05, 0) is 79.0 Å². The number of hydrogen-bond donors (Lipinski definition) is 0. The van der Waals surface area contributed by atoms with Gasteiger partial charge in [0.15, 0.2) is 0 Å². The number of hydrogen-bond acceptors (Lipinski definition) is 5. The number of aromatic nitrogens is 1. The van der Waals surface area contributed by atoms with Crippen LogP contribution in [0.5, 0.6) is 0 Å². The summed E-state index contributed by atoms with van der Waals surface area (Å²) < 4.78 is 13.7. The molecule has 3 heterocycles. The van der Waals surface area contributed by atoms with Gasteiger partial charge in [-0.3, -0.25) is 0 Å². The number of rotatable bonds is 2. The summed E-state index contributed by atoms with van der Waals surface area (Å²) in [6.45, 7) is 13.0. The second kappa shape index (κ2) is 6.55. The van der Waals surface area contributed by atoms with E-state index in [4.69, 9.17) is 14.3 Å². The number of thiazole rings is 1. The molecule has 27 heavy (non-hydrogen) atoms. The summed E-state index contributed by atoms with van der Waals surface area (Å²) in [4.78, 5) is 7.51. The summed E-state index contributed by atoms with van der Waals surface area (Å²) in [7, 11) is 1.91. The van der Waals surface area contributed by atoms with E-state index in [1.807, 2.05) is 11.3 Å². The summed E-state index contributed by atoms with van der Waals surface area (Å²) in [5.41, 5.74) is 1.49. The molecule has 0 spiro atoms. The van der Waals surface area contributed by atoms with Crippen LogP contribution in [0.25, 0.3) is 10.2 Å². The number of fused-ring (bicyclic) bond motifs is 1. The van der Waals surface area contributed by atoms with Crippen LogP contribution < -0.4 is 5.46 Å². The van der Waals surface area contributed by atoms with Gasteiger partial charge in [0.25, 0.3) is 0 Å². The Labute approximate surface area is 167 Å². The Hall–Kier alpha value is -0.945. The first kappa shape index (κ1) is 19.4. The molecular formula is C21H31BN2O2S. The van der Waals surface area contributed by atoms with Gasteiger partial charge in [-0.1, -0.05) is 6.07 Å². The minimum absolute atomic E-state index is 0.319. The van der Waals surface area contributed by atoms with Gasteiger partial charge in [0.2, 0.25) is 0 Å². The molecule has 0 aliphatic carbocycles. The lowest BCUT2D eigenvalue weighted by Crippen LogP contribution is -2.43. The largest absolute Gasteiger partial charge is 0.494 e. The third-order valence-corrected chi connectivity index (χ3v) is 8.14. The second-order valence-corrected chi connectivity index (χ2v) is 10.5. The van der Waals surface area contributed by atoms with Gasteiger partial charge < -0.3 is 14.2 Å². The van der Waals surface area contributed by atoms with Crippen molar-refractivity contribution >= 4 is 34.1 Å². The Morgan fingerprint density at radius 1 is 1.07 bits per heavy atom. The molecule has 2 aromatic rings. The van der Waals surface area contributed by atoms with E-state index in [2.05, 4.69) is 71.7 Å². The molecule has 146 valence electrons. The normalized spacial score (nSPS) is 30.9. The fraction of sp³-hybridized carbons (Fsp3) is 0.667. The average molecular weight is 386 g/mol. The van der Waals surface area contributed by atoms with Gasteiger partial charge in [0.1, 0.15) is 0 Å². The van der Waals surface area contributed by atoms with Crippen LogP contribution in [0, 0.1) is 0 Å². The molecule has 1 aromatic carbocycles. The highest BCUT2D eigenvalue weighted by Crippen LogP contribution is 2.39. The Kier molecular flexibility index (Phi) is 4.70. The molecule has 2 fully saturated rings. The minimum Gasteiger partial charge on any atom is -0.399 e. The Balaban J connectivity index is 1.60. The van der Waals surface area contributed by atoms with Gasteiger partial charge in [-0.25, -0.2) is 4.98 Å². The molecular weight excluding hydrogens is 355 g/mol. The second-order valence-electron chi connectivity index (χ2n) is 9.40. The number of piperidine rings is 1. The van der Waals surface area contributed by atoms with E-state index in [0.717, 1.165) is 11.0 Å². The standard InChI is InChI=1S/C21H31BN2O2S/c1-13-10-15(11-14(2)24(13)7)19-23-17-12-16(8-9-18(17)27-19)22-25-20(3,4)21(5,6)26-22/h8-9,12-15H,10-11H2,1-7H3/t13-,14+,15+. The maximum absolute atomic E-state index is 6.21. The van der Waals surface area contributed by atoms with E-state index in [1.54, 1.807) is 0 Å². The van der Waals surface area contributed by atoms with Crippen LogP contribution >= 0.6 is 11.3 Å². The zero-order chi connectivity index (χ0) is 19.6. The molecule has 0 unspecified atom stereocenters. The van der Waals surface area contributed by atoms with Gasteiger partial charge in [-0.15, -0.1) is 11.3 Å². The van der Waals surface area contributed by atoms with Crippen molar-refractivity contribution in [2.45, 2.75) is 83.6 Å². The summed E-state index contributed by atoms with van der Waals surface area (Å²) in [6.07, 6.45) is 2.37. The number of likely N-dealkylation sites (tertiary alicyclic amines) is 1. The molecule has 4 rings (SSSR count). The summed E-state index contributed by atoms with van der Waals surface area (Å²) in [5, 5.41) is 1.28. The number of benzene rings is 1. The van der Waals surface area contributed by atoms with E-state index >= 15 is 0 Å². The van der Waals surface area contributed by atoms with Crippen molar-refractivity contribution in [3.8, 4) is 0 Å². The third-order valence-electron chi connectivity index (χ3n) is 6.94. The van der Waals surface area contributed by atoms with Gasteiger partial charge in [-0.2, -0.15) is 0 Å². The van der Waals surface area contributed by atoms with E-state index < -0.39 is 0 Å². The van der Waals surface area contributed by atoms with E-state index in [0.29, 0.717) is 18.0 Å². The Morgan fingerprint density at radius 3 is 2.26 bits per heavy atom. The average Bonchev–Trinajstić information content (AvgIpc) is 3.09. The van der Waals surface area contributed by atoms with Crippen molar-refractivity contribution < 1.29 is 9.31 Å². The first-order valence-corrected chi connectivity index (χ1v) is 10.9. The fourth-order valence-electron chi connectivity index (χ4n) is 4.15. The quantitative estimate of drug-likeness (QED) is 0.726. The van der Waals surface area contributed by atoms with Crippen LogP contribution in [0.3, 0.4) is 0 Å². The van der Waals surface area contributed by atoms with Crippen LogP contribution in [0.15, 0.2) is 18.2 Å². The van der Waals surface area contributed by atoms with Gasteiger partial charge in [0.05, 0.1) is 26.4 Å². The fourth-order valence-corrected chi connectivity index (χ4v) is 5.22. The zero-order valence-electron chi connectivity index (χ0n) is 17.6. The lowest BCUT2D eigenvalue weighted by atomic mass is 9.79. The predicted molar refractivity (Wildman–Crippen MR) is 114 cm³/mol. The summed E-state index contributed by atoms with van der Waals surface area (Å²) in [5.74, 6) is 0.559. The van der Waals surface area contributed by atoms with Crippen molar-refractivity contribution in [1.82, 2.24) is 9.88 Å². The molecule has 0 N–H and O–H groups in total. The summed E-state index contributed by atoms with van der Waals surface area (Å²) in [6, 6.07) is 7.67. The molecule has 0 saturated carbocycles. The molecule has 2 aliphatic rings. The topological polar surface area (TPSA) is 34.6 Å². The lowest BCUT2D eigenvalue weighted by Gasteiger charge is -2.39. The zero-order valence-corrected chi connectivity index (χ0v) is 18.4. The van der Waals surface area contributed by atoms with Crippen LogP contribution in [-0.2, 0) is 9.31 Å². The molecule has 0 amide bonds. The molecule has 3 atom stereocenters. The first-order chi connectivity index (χ1) is 12.6. The Bertz CT molecular complexity index is 822. The van der Waals surface area contributed by atoms with E-state index in [-0.39, 0.29) is 18.3 Å². The van der Waals surface area contributed by atoms with Crippen LogP contribution in [0.4, 0.5) is 0 Å². The van der Waals surface area contributed by atoms with Crippen molar-refractivity contribution in [2.75, 3.05) is 7.05 Å². The smallest absolute Gasteiger partial charge is 0.399 e. The molecule has 2 aliphatic heterocycles. The lowest BCUT2D eigenvalue weighted by molar-refractivity contribution is 0.00578. The number of nitrogens with zero attached hydrogens (tertiary/aromatic N) is 2.